The highest BCUT2D eigenvalue weighted by molar-refractivity contribution is 7.78. The molecule has 1 rings (SSSR count). The maximum atomic E-state index is 14.1. The molecule has 12 heteroatoms. The van der Waals surface area contributed by atoms with Gasteiger partial charge in [-0.15, -0.1) is 8.96 Å². The van der Waals surface area contributed by atoms with Gasteiger partial charge in [-0.3, -0.25) is 0 Å². The smallest absolute Gasteiger partial charge is 0.231 e. The number of halogens is 5. The zero-order valence-corrected chi connectivity index (χ0v) is 11.1. The molecule has 0 aromatic carbocycles. The fourth-order valence-electron chi connectivity index (χ4n) is 1.12. The lowest BCUT2D eigenvalue weighted by molar-refractivity contribution is 0.177. The molecule has 0 radical (unpaired) electrons. The fraction of sp³-hybridized carbons (Fsp3) is 1.00. The molecular weight excluding hydrogens is 292 g/mol. The van der Waals surface area contributed by atoms with Crippen molar-refractivity contribution >= 4 is 24.7 Å². The molecule has 16 heavy (non-hydrogen) atoms. The number of nitrogens with zero attached hydrogens (tertiary/aromatic N) is 4. The molecule has 1 aliphatic heterocycles. The molecule has 0 N–H and O–H groups in total. The van der Waals surface area contributed by atoms with Crippen molar-refractivity contribution in [2.24, 2.45) is 4.52 Å². The highest BCUT2D eigenvalue weighted by Crippen LogP contribution is 2.80. The van der Waals surface area contributed by atoms with Crippen LogP contribution in [0.5, 0.6) is 0 Å². The average molecular weight is 302 g/mol. The summed E-state index contributed by atoms with van der Waals surface area (Å²) in [5, 5.41) is 0. The molecule has 1 aliphatic rings. The highest BCUT2D eigenvalue weighted by atomic mass is 31.3. The van der Waals surface area contributed by atoms with Crippen molar-refractivity contribution < 1.29 is 21.6 Å². The Balaban J connectivity index is 3.14. The van der Waals surface area contributed by atoms with Gasteiger partial charge < -0.3 is 0 Å². The summed E-state index contributed by atoms with van der Waals surface area (Å²) in [4.78, 5) is 0. The van der Waals surface area contributed by atoms with E-state index in [-0.39, 0.29) is 13.1 Å². The van der Waals surface area contributed by atoms with Crippen molar-refractivity contribution in [1.29, 1.82) is 0 Å². The molecule has 0 aliphatic carbocycles. The Morgan fingerprint density at radius 3 is 2.19 bits per heavy atom. The topological polar surface area (TPSA) is 22.1 Å². The Morgan fingerprint density at radius 1 is 1.25 bits per heavy atom. The van der Waals surface area contributed by atoms with Crippen LogP contribution in [0.25, 0.3) is 0 Å². The largest absolute Gasteiger partial charge is 0.323 e. The standard InChI is InChI=1S/C4H10F5N4P3/c1-3-11(4-2)16(9)10-14(7)12(5)15(8)13(16)6/h3-4H2,1-2H3. The third-order valence-corrected chi connectivity index (χ3v) is 7.93. The molecule has 0 aromatic heterocycles. The van der Waals surface area contributed by atoms with Gasteiger partial charge in [-0.05, 0) is 4.66 Å². The monoisotopic (exact) mass is 302 g/mol. The summed E-state index contributed by atoms with van der Waals surface area (Å²) in [7, 11) is -11.8. The van der Waals surface area contributed by atoms with Crippen LogP contribution in [0.1, 0.15) is 13.8 Å². The second-order valence-corrected chi connectivity index (χ2v) is 7.96. The Hall–Kier alpha value is 0.620. The normalized spacial score (nSPS) is 37.8. The van der Waals surface area contributed by atoms with Crippen molar-refractivity contribution in [3.63, 3.8) is 0 Å². The SMILES string of the molecule is CCN(CC)P1(F)=NP(F)N(F)P(F)N1F. The minimum atomic E-state index is -4.56. The van der Waals surface area contributed by atoms with E-state index in [1.165, 1.54) is 13.8 Å². The van der Waals surface area contributed by atoms with Crippen molar-refractivity contribution in [2.45, 2.75) is 13.8 Å². The van der Waals surface area contributed by atoms with Crippen LogP contribution in [0.2, 0.25) is 0 Å². The van der Waals surface area contributed by atoms with E-state index in [4.69, 9.17) is 0 Å². The van der Waals surface area contributed by atoms with Gasteiger partial charge in [-0.1, -0.05) is 13.8 Å². The fourth-order valence-corrected chi connectivity index (χ4v) is 6.74. The van der Waals surface area contributed by atoms with Gasteiger partial charge in [0.1, 0.15) is 0 Å². The Bertz CT molecular complexity index is 301. The van der Waals surface area contributed by atoms with Crippen molar-refractivity contribution in [3.05, 3.63) is 0 Å². The first kappa shape index (κ1) is 14.7. The number of rotatable bonds is 3. The second-order valence-electron chi connectivity index (χ2n) is 2.69. The van der Waals surface area contributed by atoms with Crippen LogP contribution in [0.4, 0.5) is 21.6 Å². The van der Waals surface area contributed by atoms with E-state index in [0.29, 0.717) is 0 Å². The van der Waals surface area contributed by atoms with E-state index >= 15 is 0 Å². The molecular formula is C4H10F5N4P3. The molecule has 0 amide bonds. The zero-order chi connectivity index (χ0) is 12.5. The first-order valence-corrected chi connectivity index (χ1v) is 8.11. The van der Waals surface area contributed by atoms with Crippen LogP contribution in [-0.4, -0.2) is 27.1 Å². The first-order chi connectivity index (χ1) is 7.38. The lowest BCUT2D eigenvalue weighted by Crippen LogP contribution is -2.26. The van der Waals surface area contributed by atoms with Crippen molar-refractivity contribution in [3.8, 4) is 0 Å². The summed E-state index contributed by atoms with van der Waals surface area (Å²) < 4.78 is 67.7. The van der Waals surface area contributed by atoms with E-state index in [2.05, 4.69) is 4.52 Å². The average Bonchev–Trinajstić information content (AvgIpc) is 2.25. The molecule has 4 nitrogen and oxygen atoms in total. The van der Waals surface area contributed by atoms with Crippen LogP contribution in [0, 0.1) is 0 Å². The van der Waals surface area contributed by atoms with E-state index in [9.17, 15) is 21.6 Å². The van der Waals surface area contributed by atoms with Crippen LogP contribution >= 0.6 is 24.7 Å². The molecule has 3 unspecified atom stereocenters. The summed E-state index contributed by atoms with van der Waals surface area (Å²) >= 11 is 0. The Labute approximate surface area is 92.5 Å². The van der Waals surface area contributed by atoms with E-state index in [1.54, 1.807) is 0 Å². The molecule has 0 bridgehead atoms. The van der Waals surface area contributed by atoms with Gasteiger partial charge in [-0.2, -0.15) is 17.1 Å². The third kappa shape index (κ3) is 2.40. The Kier molecular flexibility index (Phi) is 5.05. The third-order valence-electron chi connectivity index (χ3n) is 1.90. The van der Waals surface area contributed by atoms with Crippen LogP contribution in [0.15, 0.2) is 4.52 Å². The van der Waals surface area contributed by atoms with E-state index in [1.807, 2.05) is 0 Å². The predicted molar refractivity (Wildman–Crippen MR) is 55.3 cm³/mol. The van der Waals surface area contributed by atoms with Crippen LogP contribution in [-0.2, 0) is 0 Å². The molecule has 0 spiro atoms. The second kappa shape index (κ2) is 5.51. The molecule has 96 valence electrons. The number of hydrogen-bond acceptors (Lipinski definition) is 4. The van der Waals surface area contributed by atoms with Gasteiger partial charge in [0.05, 0.1) is 0 Å². The Morgan fingerprint density at radius 2 is 1.75 bits per heavy atom. The maximum absolute atomic E-state index is 14.1. The van der Waals surface area contributed by atoms with Crippen LogP contribution < -0.4 is 0 Å². The van der Waals surface area contributed by atoms with Crippen molar-refractivity contribution in [2.75, 3.05) is 13.1 Å². The molecule has 0 saturated carbocycles. The molecule has 1 heterocycles. The lowest BCUT2D eigenvalue weighted by Gasteiger charge is -2.36. The van der Waals surface area contributed by atoms with Gasteiger partial charge in [0, 0.05) is 17.8 Å². The minimum Gasteiger partial charge on any atom is -0.231 e. The highest BCUT2D eigenvalue weighted by Gasteiger charge is 2.52. The molecule has 0 aromatic rings. The van der Waals surface area contributed by atoms with Gasteiger partial charge in [0.15, 0.2) is 0 Å². The van der Waals surface area contributed by atoms with E-state index in [0.717, 1.165) is 4.67 Å². The summed E-state index contributed by atoms with van der Waals surface area (Å²) in [5.41, 5.74) is 0. The summed E-state index contributed by atoms with van der Waals surface area (Å²) in [5.74, 6) is 0. The number of hydrogen-bond donors (Lipinski definition) is 0. The van der Waals surface area contributed by atoms with Crippen molar-refractivity contribution in [1.82, 2.24) is 14.0 Å². The summed E-state index contributed by atoms with van der Waals surface area (Å²) in [6.45, 7) is 3.06. The predicted octanol–water partition coefficient (Wildman–Crippen LogP) is 5.02. The van der Waals surface area contributed by atoms with Gasteiger partial charge >= 0.3 is 24.7 Å². The minimum absolute atomic E-state index is 0.0311. The molecule has 0 saturated heterocycles. The van der Waals surface area contributed by atoms with E-state index < -0.39 is 34.1 Å². The van der Waals surface area contributed by atoms with Gasteiger partial charge in [0.2, 0.25) is 0 Å². The van der Waals surface area contributed by atoms with Crippen LogP contribution in [0.3, 0.4) is 0 Å². The molecule has 3 atom stereocenters. The van der Waals surface area contributed by atoms with Gasteiger partial charge in [-0.25, -0.2) is 4.67 Å². The summed E-state index contributed by atoms with van der Waals surface area (Å²) in [6.07, 6.45) is 0. The molecule has 0 fully saturated rings. The first-order valence-electron chi connectivity index (χ1n) is 4.29. The zero-order valence-electron chi connectivity index (χ0n) is 8.43. The van der Waals surface area contributed by atoms with Gasteiger partial charge in [0.25, 0.3) is 0 Å². The summed E-state index contributed by atoms with van der Waals surface area (Å²) in [6, 6.07) is 0. The lowest BCUT2D eigenvalue weighted by atomic mass is 10.7. The quantitative estimate of drug-likeness (QED) is 0.415. The maximum Gasteiger partial charge on any atom is 0.323 e.